The van der Waals surface area contributed by atoms with Crippen molar-refractivity contribution >= 4 is 10.1 Å². The summed E-state index contributed by atoms with van der Waals surface area (Å²) in [6.45, 7) is 3.05. The lowest BCUT2D eigenvalue weighted by Crippen LogP contribution is -2.67. The minimum absolute atomic E-state index is 0.247. The molecule has 3 nitrogen and oxygen atoms in total. The maximum Gasteiger partial charge on any atom is 0.419 e. The third-order valence-corrected chi connectivity index (χ3v) is 7.94. The molecule has 4 saturated carbocycles. The van der Waals surface area contributed by atoms with Crippen molar-refractivity contribution in [3.05, 3.63) is 0 Å². The predicted molar refractivity (Wildman–Crippen MR) is 75.6 cm³/mol. The molecule has 0 saturated heterocycles. The quantitative estimate of drug-likeness (QED) is 0.729. The summed E-state index contributed by atoms with van der Waals surface area (Å²) in [6.07, 6.45) is -1.61. The molecule has 4 bridgehead atoms. The van der Waals surface area contributed by atoms with Crippen LogP contribution >= 0.6 is 0 Å². The SMILES string of the molecule is CCC(C)S(=O)(=O)OC1(C(F)(F)F)C2CC3CC(C2)CC1C3. The molecule has 0 amide bonds. The number of rotatable bonds is 4. The molecular weight excluding hydrogens is 317 g/mol. The molecule has 1 unspecified atom stereocenters. The van der Waals surface area contributed by atoms with Crippen molar-refractivity contribution in [3.63, 3.8) is 0 Å². The molecular formula is C15H23F3O3S. The molecule has 0 aromatic rings. The van der Waals surface area contributed by atoms with Crippen molar-refractivity contribution in [2.24, 2.45) is 23.7 Å². The molecule has 0 heterocycles. The number of halogens is 3. The molecule has 0 N–H and O–H groups in total. The maximum absolute atomic E-state index is 14.0. The predicted octanol–water partition coefficient (Wildman–Crippen LogP) is 3.89. The Hall–Kier alpha value is -0.300. The highest BCUT2D eigenvalue weighted by molar-refractivity contribution is 7.87. The van der Waals surface area contributed by atoms with Gasteiger partial charge in [-0.15, -0.1) is 0 Å². The Kier molecular flexibility index (Phi) is 3.84. The second kappa shape index (κ2) is 5.10. The van der Waals surface area contributed by atoms with Gasteiger partial charge < -0.3 is 0 Å². The Morgan fingerprint density at radius 3 is 1.91 bits per heavy atom. The van der Waals surface area contributed by atoms with Gasteiger partial charge in [0.2, 0.25) is 0 Å². The van der Waals surface area contributed by atoms with Crippen LogP contribution in [0.15, 0.2) is 0 Å². The Morgan fingerprint density at radius 2 is 1.55 bits per heavy atom. The molecule has 0 radical (unpaired) electrons. The van der Waals surface area contributed by atoms with Crippen LogP contribution in [0.3, 0.4) is 0 Å². The van der Waals surface area contributed by atoms with E-state index in [2.05, 4.69) is 0 Å². The minimum atomic E-state index is -4.64. The van der Waals surface area contributed by atoms with Gasteiger partial charge in [0.25, 0.3) is 10.1 Å². The van der Waals surface area contributed by atoms with Crippen LogP contribution in [0.5, 0.6) is 0 Å². The Labute approximate surface area is 129 Å². The van der Waals surface area contributed by atoms with Crippen LogP contribution in [0, 0.1) is 23.7 Å². The van der Waals surface area contributed by atoms with E-state index in [0.29, 0.717) is 37.5 Å². The lowest BCUT2D eigenvalue weighted by atomic mass is 9.49. The van der Waals surface area contributed by atoms with Crippen LogP contribution < -0.4 is 0 Å². The van der Waals surface area contributed by atoms with Crippen LogP contribution in [0.1, 0.15) is 52.4 Å². The number of alkyl halides is 3. The third-order valence-electron chi connectivity index (χ3n) is 6.12. The normalized spacial score (nSPS) is 42.6. The molecule has 4 aliphatic rings. The van der Waals surface area contributed by atoms with Crippen molar-refractivity contribution in [1.82, 2.24) is 0 Å². The van der Waals surface area contributed by atoms with E-state index in [0.717, 1.165) is 6.42 Å². The minimum Gasteiger partial charge on any atom is -0.253 e. The highest BCUT2D eigenvalue weighted by Gasteiger charge is 2.72. The third kappa shape index (κ3) is 2.30. The molecule has 22 heavy (non-hydrogen) atoms. The molecule has 128 valence electrons. The zero-order valence-corrected chi connectivity index (χ0v) is 13.7. The van der Waals surface area contributed by atoms with E-state index in [4.69, 9.17) is 4.18 Å². The van der Waals surface area contributed by atoms with E-state index in [-0.39, 0.29) is 6.42 Å². The van der Waals surface area contributed by atoms with Crippen molar-refractivity contribution in [2.75, 3.05) is 0 Å². The first kappa shape index (κ1) is 16.6. The van der Waals surface area contributed by atoms with Crippen molar-refractivity contribution in [2.45, 2.75) is 69.4 Å². The molecule has 4 rings (SSSR count). The van der Waals surface area contributed by atoms with E-state index in [1.54, 1.807) is 6.92 Å². The van der Waals surface area contributed by atoms with Gasteiger partial charge in [-0.3, -0.25) is 4.18 Å². The summed E-state index contributed by atoms with van der Waals surface area (Å²) >= 11 is 0. The molecule has 1 atom stereocenters. The smallest absolute Gasteiger partial charge is 0.253 e. The van der Waals surface area contributed by atoms with Crippen molar-refractivity contribution in [3.8, 4) is 0 Å². The monoisotopic (exact) mass is 340 g/mol. The molecule has 4 aliphatic carbocycles. The standard InChI is InChI=1S/C15H23F3O3S/c1-3-9(2)22(19,20)21-14(15(16,17)18)12-5-10-4-11(7-12)8-13(14)6-10/h9-13H,3-8H2,1-2H3. The average molecular weight is 340 g/mol. The summed E-state index contributed by atoms with van der Waals surface area (Å²) in [5, 5.41) is -0.913. The van der Waals surface area contributed by atoms with E-state index in [1.807, 2.05) is 0 Å². The van der Waals surface area contributed by atoms with Crippen LogP contribution in [0.2, 0.25) is 0 Å². The molecule has 0 aliphatic heterocycles. The van der Waals surface area contributed by atoms with E-state index < -0.39 is 39.0 Å². The number of hydrogen-bond acceptors (Lipinski definition) is 3. The summed E-state index contributed by atoms with van der Waals surface area (Å²) in [4.78, 5) is 0. The van der Waals surface area contributed by atoms with Gasteiger partial charge in [0.05, 0.1) is 5.25 Å². The topological polar surface area (TPSA) is 43.4 Å². The summed E-state index contributed by atoms with van der Waals surface area (Å²) in [5.41, 5.74) is -2.48. The van der Waals surface area contributed by atoms with Gasteiger partial charge in [-0.1, -0.05) is 6.92 Å². The fourth-order valence-corrected chi connectivity index (χ4v) is 6.33. The van der Waals surface area contributed by atoms with E-state index in [1.165, 1.54) is 6.92 Å². The van der Waals surface area contributed by atoms with Crippen LogP contribution in [0.4, 0.5) is 13.2 Å². The van der Waals surface area contributed by atoms with Crippen LogP contribution in [-0.4, -0.2) is 25.4 Å². The first-order chi connectivity index (χ1) is 10.1. The lowest BCUT2D eigenvalue weighted by Gasteiger charge is -2.60. The van der Waals surface area contributed by atoms with E-state index in [9.17, 15) is 21.6 Å². The highest BCUT2D eigenvalue weighted by atomic mass is 32.2. The zero-order chi connectivity index (χ0) is 16.3. The first-order valence-electron chi connectivity index (χ1n) is 8.11. The summed E-state index contributed by atoms with van der Waals surface area (Å²) in [7, 11) is -4.22. The largest absolute Gasteiger partial charge is 0.419 e. The van der Waals surface area contributed by atoms with Crippen LogP contribution in [0.25, 0.3) is 0 Å². The maximum atomic E-state index is 14.0. The molecule has 0 aromatic heterocycles. The van der Waals surface area contributed by atoms with Gasteiger partial charge >= 0.3 is 6.18 Å². The number of hydrogen-bond donors (Lipinski definition) is 0. The van der Waals surface area contributed by atoms with Gasteiger partial charge in [0.15, 0.2) is 5.60 Å². The van der Waals surface area contributed by atoms with E-state index >= 15 is 0 Å². The Morgan fingerprint density at radius 1 is 1.09 bits per heavy atom. The second-order valence-corrected chi connectivity index (χ2v) is 9.35. The Bertz CT molecular complexity index is 513. The highest BCUT2D eigenvalue weighted by Crippen LogP contribution is 2.64. The first-order valence-corrected chi connectivity index (χ1v) is 9.58. The van der Waals surface area contributed by atoms with Crippen molar-refractivity contribution in [1.29, 1.82) is 0 Å². The average Bonchev–Trinajstić information content (AvgIpc) is 2.39. The van der Waals surface area contributed by atoms with Gasteiger partial charge in [0.1, 0.15) is 0 Å². The van der Waals surface area contributed by atoms with Gasteiger partial charge in [-0.25, -0.2) is 0 Å². The lowest BCUT2D eigenvalue weighted by molar-refractivity contribution is -0.319. The second-order valence-electron chi connectivity index (χ2n) is 7.39. The van der Waals surface area contributed by atoms with Gasteiger partial charge in [-0.05, 0) is 69.1 Å². The zero-order valence-electron chi connectivity index (χ0n) is 12.9. The summed E-state index contributed by atoms with van der Waals surface area (Å²) in [5.74, 6) is -0.786. The van der Waals surface area contributed by atoms with Gasteiger partial charge in [0, 0.05) is 0 Å². The summed E-state index contributed by atoms with van der Waals surface area (Å²) in [6, 6.07) is 0. The Balaban J connectivity index is 2.01. The summed E-state index contributed by atoms with van der Waals surface area (Å²) < 4.78 is 71.5. The van der Waals surface area contributed by atoms with Crippen LogP contribution in [-0.2, 0) is 14.3 Å². The molecule has 4 fully saturated rings. The molecule has 7 heteroatoms. The van der Waals surface area contributed by atoms with Gasteiger partial charge in [-0.2, -0.15) is 21.6 Å². The molecule has 0 spiro atoms. The fraction of sp³-hybridized carbons (Fsp3) is 1.00. The molecule has 0 aromatic carbocycles. The van der Waals surface area contributed by atoms with Crippen molar-refractivity contribution < 1.29 is 25.8 Å². The fourth-order valence-electron chi connectivity index (χ4n) is 5.01.